The summed E-state index contributed by atoms with van der Waals surface area (Å²) in [5.74, 6) is 1.53. The number of hydrogen-bond acceptors (Lipinski definition) is 6. The zero-order chi connectivity index (χ0) is 17.9. The average Bonchev–Trinajstić information content (AvgIpc) is 3.21. The van der Waals surface area contributed by atoms with Gasteiger partial charge in [-0.1, -0.05) is 18.0 Å². The summed E-state index contributed by atoms with van der Waals surface area (Å²) in [4.78, 5) is 23.9. The molecule has 1 aliphatic carbocycles. The average molecular weight is 339 g/mol. The van der Waals surface area contributed by atoms with Crippen LogP contribution in [0.15, 0.2) is 10.6 Å². The molecule has 2 amide bonds. The Bertz CT molecular complexity index is 578. The summed E-state index contributed by atoms with van der Waals surface area (Å²) >= 11 is 0. The minimum absolute atomic E-state index is 0.167. The molecule has 0 bridgehead atoms. The minimum Gasteiger partial charge on any atom is -0.369 e. The van der Waals surface area contributed by atoms with Crippen LogP contribution in [0.1, 0.15) is 58.1 Å². The Morgan fingerprint density at radius 3 is 2.38 bits per heavy atom. The quantitative estimate of drug-likeness (QED) is 0.870. The summed E-state index contributed by atoms with van der Waals surface area (Å²) in [6, 6.07) is 1.24. The monoisotopic (exact) mass is 339 g/mol. The van der Waals surface area contributed by atoms with Gasteiger partial charge < -0.3 is 19.5 Å². The number of likely N-dealkylation sites (N-methyl/N-ethyl adjacent to an activating group) is 1. The van der Waals surface area contributed by atoms with Crippen molar-refractivity contribution >= 4 is 17.6 Å². The van der Waals surface area contributed by atoms with Crippen LogP contribution >= 0.6 is 0 Å². The van der Waals surface area contributed by atoms with Crippen molar-refractivity contribution in [3.8, 4) is 0 Å². The van der Waals surface area contributed by atoms with Crippen LogP contribution in [0.3, 0.4) is 0 Å². The molecule has 1 aromatic rings. The van der Waals surface area contributed by atoms with Crippen LogP contribution in [0.25, 0.3) is 0 Å². The second-order valence-corrected chi connectivity index (χ2v) is 6.24. The van der Waals surface area contributed by atoms with Crippen molar-refractivity contribution in [2.45, 2.75) is 64.8 Å². The normalized spacial score (nSPS) is 24.3. The van der Waals surface area contributed by atoms with Gasteiger partial charge >= 0.3 is 6.03 Å². The molecule has 24 heavy (non-hydrogen) atoms. The molecule has 2 atom stereocenters. The number of aromatic nitrogens is 1. The highest BCUT2D eigenvalue weighted by atomic mass is 16.5. The molecular formula is C16H25N3O5. The number of anilines is 1. The maximum atomic E-state index is 12.1. The summed E-state index contributed by atoms with van der Waals surface area (Å²) in [6.07, 6.45) is 1.93. The molecule has 3 rings (SSSR count). The molecule has 2 heterocycles. The fourth-order valence-corrected chi connectivity index (χ4v) is 3.01. The topological polar surface area (TPSA) is 107 Å². The summed E-state index contributed by atoms with van der Waals surface area (Å²) in [7, 11) is 0. The van der Waals surface area contributed by atoms with Crippen LogP contribution in [0.4, 0.5) is 10.6 Å². The second kappa shape index (κ2) is 7.76. The first-order valence-electron chi connectivity index (χ1n) is 8.26. The first kappa shape index (κ1) is 18.4. The number of rotatable bonds is 3. The molecule has 2 N–H and O–H groups in total. The molecule has 8 heteroatoms. The van der Waals surface area contributed by atoms with Crippen LogP contribution in [0.5, 0.6) is 0 Å². The van der Waals surface area contributed by atoms with Gasteiger partial charge in [0.15, 0.2) is 18.3 Å². The number of ketones is 1. The molecule has 1 saturated carbocycles. The van der Waals surface area contributed by atoms with E-state index < -0.39 is 18.5 Å². The standard InChI is InChI=1S/C13H19N3O4.C3H6O/c1-2-15-11(17)12(18)16(13(15)19)10-7-9(20-14-10)8-5-3-4-6-8;1-3(2)4/h7-8,11-12,17-18H,2-6H2,1H3;1-2H3. The lowest BCUT2D eigenvalue weighted by Crippen LogP contribution is -2.37. The molecule has 0 radical (unpaired) electrons. The van der Waals surface area contributed by atoms with Crippen molar-refractivity contribution < 1.29 is 24.3 Å². The lowest BCUT2D eigenvalue weighted by molar-refractivity contribution is -0.115. The highest BCUT2D eigenvalue weighted by Crippen LogP contribution is 2.36. The van der Waals surface area contributed by atoms with Gasteiger partial charge in [0, 0.05) is 18.5 Å². The summed E-state index contributed by atoms with van der Waals surface area (Å²) in [5, 5.41) is 23.7. The van der Waals surface area contributed by atoms with E-state index in [0.717, 1.165) is 23.5 Å². The van der Waals surface area contributed by atoms with Crippen LogP contribution in [-0.4, -0.2) is 51.1 Å². The Kier molecular flexibility index (Phi) is 5.95. The van der Waals surface area contributed by atoms with Gasteiger partial charge in [-0.2, -0.15) is 0 Å². The third-order valence-corrected chi connectivity index (χ3v) is 4.16. The number of carbonyl (C=O) groups excluding carboxylic acids is 2. The van der Waals surface area contributed by atoms with E-state index in [-0.39, 0.29) is 11.6 Å². The van der Waals surface area contributed by atoms with E-state index in [2.05, 4.69) is 5.16 Å². The molecule has 1 saturated heterocycles. The van der Waals surface area contributed by atoms with E-state index in [0.29, 0.717) is 12.5 Å². The van der Waals surface area contributed by atoms with Crippen molar-refractivity contribution in [2.75, 3.05) is 11.4 Å². The molecule has 2 aliphatic rings. The van der Waals surface area contributed by atoms with Crippen LogP contribution < -0.4 is 4.90 Å². The van der Waals surface area contributed by atoms with Crippen LogP contribution in [0.2, 0.25) is 0 Å². The Morgan fingerprint density at radius 2 is 1.88 bits per heavy atom. The van der Waals surface area contributed by atoms with Gasteiger partial charge in [0.1, 0.15) is 11.5 Å². The van der Waals surface area contributed by atoms with Crippen LogP contribution in [-0.2, 0) is 4.79 Å². The number of urea groups is 1. The number of aliphatic hydroxyl groups is 2. The number of aliphatic hydroxyl groups excluding tert-OH is 2. The van der Waals surface area contributed by atoms with E-state index in [1.807, 2.05) is 0 Å². The lowest BCUT2D eigenvalue weighted by atomic mass is 10.1. The molecule has 1 aromatic heterocycles. The summed E-state index contributed by atoms with van der Waals surface area (Å²) in [5.41, 5.74) is 0. The van der Waals surface area contributed by atoms with Crippen molar-refractivity contribution in [3.05, 3.63) is 11.8 Å². The Balaban J connectivity index is 0.000000471. The number of Topliss-reactive ketones (excluding diaryl/α,β-unsaturated/α-hetero) is 1. The number of nitrogens with zero attached hydrogens (tertiary/aromatic N) is 3. The van der Waals surface area contributed by atoms with Gasteiger partial charge in [0.25, 0.3) is 0 Å². The molecule has 0 aromatic carbocycles. The van der Waals surface area contributed by atoms with E-state index >= 15 is 0 Å². The zero-order valence-electron chi connectivity index (χ0n) is 14.3. The fourth-order valence-electron chi connectivity index (χ4n) is 3.01. The highest BCUT2D eigenvalue weighted by Gasteiger charge is 2.45. The molecule has 2 unspecified atom stereocenters. The lowest BCUT2D eigenvalue weighted by Gasteiger charge is -2.16. The van der Waals surface area contributed by atoms with E-state index in [1.54, 1.807) is 13.0 Å². The third-order valence-electron chi connectivity index (χ3n) is 4.16. The van der Waals surface area contributed by atoms with Gasteiger partial charge in [-0.3, -0.25) is 4.90 Å². The SMILES string of the molecule is CC(C)=O.CCN1C(=O)N(c2cc(C3CCCC3)on2)C(O)C1O. The predicted octanol–water partition coefficient (Wildman–Crippen LogP) is 1.83. The van der Waals surface area contributed by atoms with Gasteiger partial charge in [0.05, 0.1) is 0 Å². The van der Waals surface area contributed by atoms with Gasteiger partial charge in [-0.15, -0.1) is 0 Å². The largest absolute Gasteiger partial charge is 0.369 e. The van der Waals surface area contributed by atoms with Crippen molar-refractivity contribution in [2.24, 2.45) is 0 Å². The number of amides is 2. The Morgan fingerprint density at radius 1 is 1.29 bits per heavy atom. The van der Waals surface area contributed by atoms with E-state index in [4.69, 9.17) is 4.52 Å². The number of carbonyl (C=O) groups is 2. The van der Waals surface area contributed by atoms with Crippen molar-refractivity contribution in [3.63, 3.8) is 0 Å². The third kappa shape index (κ3) is 3.76. The highest BCUT2D eigenvalue weighted by molar-refractivity contribution is 5.93. The zero-order valence-corrected chi connectivity index (χ0v) is 14.3. The van der Waals surface area contributed by atoms with Crippen LogP contribution in [0, 0.1) is 0 Å². The smallest absolute Gasteiger partial charge is 0.330 e. The first-order valence-corrected chi connectivity index (χ1v) is 8.26. The molecule has 2 fully saturated rings. The maximum Gasteiger partial charge on any atom is 0.330 e. The van der Waals surface area contributed by atoms with E-state index in [1.165, 1.54) is 31.6 Å². The summed E-state index contributed by atoms with van der Waals surface area (Å²) < 4.78 is 5.31. The Hall–Kier alpha value is -1.93. The fraction of sp³-hybridized carbons (Fsp3) is 0.688. The molecule has 0 spiro atoms. The summed E-state index contributed by atoms with van der Waals surface area (Å²) in [6.45, 7) is 5.12. The van der Waals surface area contributed by atoms with Crippen molar-refractivity contribution in [1.82, 2.24) is 10.1 Å². The molecule has 1 aliphatic heterocycles. The van der Waals surface area contributed by atoms with Gasteiger partial charge in [0.2, 0.25) is 0 Å². The predicted molar refractivity (Wildman–Crippen MR) is 86.3 cm³/mol. The second-order valence-electron chi connectivity index (χ2n) is 6.24. The van der Waals surface area contributed by atoms with Crippen molar-refractivity contribution in [1.29, 1.82) is 0 Å². The van der Waals surface area contributed by atoms with Gasteiger partial charge in [-0.25, -0.2) is 9.69 Å². The number of hydrogen-bond donors (Lipinski definition) is 2. The molecule has 8 nitrogen and oxygen atoms in total. The molecule has 134 valence electrons. The van der Waals surface area contributed by atoms with E-state index in [9.17, 15) is 19.8 Å². The van der Waals surface area contributed by atoms with Gasteiger partial charge in [-0.05, 0) is 33.6 Å². The first-order chi connectivity index (χ1) is 11.4. The maximum absolute atomic E-state index is 12.1. The molecular weight excluding hydrogens is 314 g/mol. The minimum atomic E-state index is -1.32. The Labute approximate surface area is 141 Å².